The Morgan fingerprint density at radius 3 is 1.17 bits per heavy atom. The number of hydrogen-bond acceptors (Lipinski definition) is 4. The quantitative estimate of drug-likeness (QED) is 0.175. The Morgan fingerprint density at radius 1 is 0.567 bits per heavy atom. The van der Waals surface area contributed by atoms with Crippen molar-refractivity contribution in [1.82, 2.24) is 4.31 Å². The molecule has 0 bridgehead atoms. The van der Waals surface area contributed by atoms with Gasteiger partial charge in [0.15, 0.2) is 0 Å². The summed E-state index contributed by atoms with van der Waals surface area (Å²) in [5.41, 5.74) is 0. The predicted molar refractivity (Wildman–Crippen MR) is 125 cm³/mol. The monoisotopic (exact) mass is 439 g/mol. The van der Waals surface area contributed by atoms with Crippen molar-refractivity contribution < 1.29 is 8.42 Å². The summed E-state index contributed by atoms with van der Waals surface area (Å²) >= 11 is 0. The van der Waals surface area contributed by atoms with Crippen molar-refractivity contribution >= 4 is 10.0 Å². The van der Waals surface area contributed by atoms with Crippen LogP contribution < -0.4 is 0 Å². The second-order valence-electron chi connectivity index (χ2n) is 8.27. The highest BCUT2D eigenvalue weighted by Crippen LogP contribution is 2.14. The van der Waals surface area contributed by atoms with Gasteiger partial charge < -0.3 is 0 Å². The number of unbranched alkanes of at least 4 members (excludes halogenated alkanes) is 16. The van der Waals surface area contributed by atoms with Crippen LogP contribution in [0.1, 0.15) is 122 Å². The summed E-state index contributed by atoms with van der Waals surface area (Å²) in [6.45, 7) is 3.06. The van der Waals surface area contributed by atoms with Gasteiger partial charge in [-0.3, -0.25) is 0 Å². The Hall–Kier alpha value is -1.11. The number of sulfonamides is 1. The van der Waals surface area contributed by atoms with E-state index in [-0.39, 0.29) is 5.75 Å². The van der Waals surface area contributed by atoms with Crippen LogP contribution in [0.15, 0.2) is 0 Å². The van der Waals surface area contributed by atoms with Gasteiger partial charge in [-0.2, -0.15) is 10.5 Å². The minimum Gasteiger partial charge on any atom is -0.212 e. The van der Waals surface area contributed by atoms with Gasteiger partial charge >= 0.3 is 0 Å². The van der Waals surface area contributed by atoms with Gasteiger partial charge in [0, 0.05) is 25.9 Å². The molecule has 0 aromatic rings. The Labute approximate surface area is 186 Å². The fraction of sp³-hybridized carbons (Fsp3) is 0.917. The molecule has 0 saturated carbocycles. The molecular formula is C24H45N3O2S. The first-order valence-corrected chi connectivity index (χ1v) is 13.9. The van der Waals surface area contributed by atoms with Gasteiger partial charge in [0.1, 0.15) is 0 Å². The average molecular weight is 440 g/mol. The summed E-state index contributed by atoms with van der Waals surface area (Å²) < 4.78 is 26.4. The summed E-state index contributed by atoms with van der Waals surface area (Å²) in [4.78, 5) is 0. The lowest BCUT2D eigenvalue weighted by molar-refractivity contribution is 0.383. The van der Waals surface area contributed by atoms with E-state index in [1.165, 1.54) is 51.4 Å². The molecule has 0 unspecified atom stereocenters. The lowest BCUT2D eigenvalue weighted by atomic mass is 10.1. The van der Waals surface area contributed by atoms with Crippen LogP contribution in [0.5, 0.6) is 0 Å². The molecule has 0 saturated heterocycles. The van der Waals surface area contributed by atoms with Crippen molar-refractivity contribution in [2.75, 3.05) is 18.8 Å². The Kier molecular flexibility index (Phi) is 20.4. The van der Waals surface area contributed by atoms with Crippen molar-refractivity contribution in [1.29, 1.82) is 10.5 Å². The van der Waals surface area contributed by atoms with E-state index in [2.05, 4.69) is 12.1 Å². The number of nitrogens with zero attached hydrogens (tertiary/aromatic N) is 3. The van der Waals surface area contributed by atoms with Gasteiger partial charge in [-0.25, -0.2) is 12.7 Å². The molecule has 5 nitrogen and oxygen atoms in total. The molecule has 0 radical (unpaired) electrons. The minimum atomic E-state index is -3.10. The third-order valence-corrected chi connectivity index (χ3v) is 7.53. The zero-order valence-electron chi connectivity index (χ0n) is 19.4. The molecule has 0 rings (SSSR count). The van der Waals surface area contributed by atoms with Crippen LogP contribution in [0.4, 0.5) is 0 Å². The highest BCUT2D eigenvalue weighted by Gasteiger charge is 2.18. The number of nitriles is 2. The van der Waals surface area contributed by atoms with E-state index >= 15 is 0 Å². The maximum Gasteiger partial charge on any atom is 0.213 e. The molecule has 0 fully saturated rings. The maximum atomic E-state index is 12.4. The molecule has 30 heavy (non-hydrogen) atoms. The van der Waals surface area contributed by atoms with Gasteiger partial charge in [-0.1, -0.05) is 77.0 Å². The zero-order chi connectivity index (χ0) is 22.3. The van der Waals surface area contributed by atoms with E-state index in [0.29, 0.717) is 25.9 Å². The fourth-order valence-corrected chi connectivity index (χ4v) is 4.86. The van der Waals surface area contributed by atoms with Gasteiger partial charge in [0.25, 0.3) is 0 Å². The van der Waals surface area contributed by atoms with E-state index < -0.39 is 10.0 Å². The van der Waals surface area contributed by atoms with Crippen molar-refractivity contribution in [2.45, 2.75) is 122 Å². The topological polar surface area (TPSA) is 85.0 Å². The first-order valence-electron chi connectivity index (χ1n) is 12.3. The third kappa shape index (κ3) is 17.7. The lowest BCUT2D eigenvalue weighted by Gasteiger charge is -2.21. The van der Waals surface area contributed by atoms with E-state index in [0.717, 1.165) is 51.4 Å². The first-order chi connectivity index (χ1) is 14.6. The molecule has 0 aliphatic carbocycles. The first kappa shape index (κ1) is 28.9. The summed E-state index contributed by atoms with van der Waals surface area (Å²) in [7, 11) is -3.10. The van der Waals surface area contributed by atoms with Crippen molar-refractivity contribution in [3.8, 4) is 12.1 Å². The van der Waals surface area contributed by atoms with Crippen LogP contribution in [0.3, 0.4) is 0 Å². The molecule has 0 aliphatic heterocycles. The lowest BCUT2D eigenvalue weighted by Crippen LogP contribution is -2.34. The predicted octanol–water partition coefficient (Wildman–Crippen LogP) is 6.71. The summed E-state index contributed by atoms with van der Waals surface area (Å²) in [6.07, 6.45) is 19.4. The van der Waals surface area contributed by atoms with Crippen molar-refractivity contribution in [3.63, 3.8) is 0 Å². The second-order valence-corrected chi connectivity index (χ2v) is 10.5. The van der Waals surface area contributed by atoms with Crippen LogP contribution >= 0.6 is 0 Å². The van der Waals surface area contributed by atoms with Crippen LogP contribution in [0, 0.1) is 22.7 Å². The molecule has 0 heterocycles. The SMILES string of the molecule is CCS(=O)(=O)N(CCCCCCCCCCC#N)CCCCCCCCCCC#N. The van der Waals surface area contributed by atoms with E-state index in [4.69, 9.17) is 10.5 Å². The summed E-state index contributed by atoms with van der Waals surface area (Å²) in [5, 5.41) is 17.0. The van der Waals surface area contributed by atoms with Crippen molar-refractivity contribution in [3.05, 3.63) is 0 Å². The van der Waals surface area contributed by atoms with E-state index in [1.807, 2.05) is 0 Å². The summed E-state index contributed by atoms with van der Waals surface area (Å²) in [6, 6.07) is 4.37. The fourth-order valence-electron chi connectivity index (χ4n) is 3.68. The van der Waals surface area contributed by atoms with Crippen LogP contribution in [0.25, 0.3) is 0 Å². The van der Waals surface area contributed by atoms with Gasteiger partial charge in [-0.05, 0) is 32.6 Å². The van der Waals surface area contributed by atoms with Crippen LogP contribution in [0.2, 0.25) is 0 Å². The van der Waals surface area contributed by atoms with Gasteiger partial charge in [-0.15, -0.1) is 0 Å². The van der Waals surface area contributed by atoms with E-state index in [1.54, 1.807) is 11.2 Å². The molecule has 0 aromatic carbocycles. The van der Waals surface area contributed by atoms with Gasteiger partial charge in [0.2, 0.25) is 10.0 Å². The molecule has 0 atom stereocenters. The highest BCUT2D eigenvalue weighted by atomic mass is 32.2. The Balaban J connectivity index is 3.81. The highest BCUT2D eigenvalue weighted by molar-refractivity contribution is 7.89. The zero-order valence-corrected chi connectivity index (χ0v) is 20.2. The number of rotatable bonds is 22. The molecule has 0 spiro atoms. The minimum absolute atomic E-state index is 0.193. The molecule has 0 aliphatic rings. The standard InChI is InChI=1S/C24H45N3O2S/c1-2-30(28,29)27(23-19-15-11-7-3-5-9-13-17-21-25)24-20-16-12-8-4-6-10-14-18-22-26/h2-20,23-24H2,1H3. The van der Waals surface area contributed by atoms with Crippen molar-refractivity contribution in [2.24, 2.45) is 0 Å². The van der Waals surface area contributed by atoms with Crippen LogP contribution in [-0.4, -0.2) is 31.6 Å². The maximum absolute atomic E-state index is 12.4. The molecule has 0 amide bonds. The molecule has 6 heteroatoms. The molecule has 174 valence electrons. The normalized spacial score (nSPS) is 11.5. The van der Waals surface area contributed by atoms with Gasteiger partial charge in [0.05, 0.1) is 17.9 Å². The average Bonchev–Trinajstić information content (AvgIpc) is 2.74. The Bertz CT molecular complexity index is 530. The third-order valence-electron chi connectivity index (χ3n) is 5.65. The second kappa shape index (κ2) is 21.1. The van der Waals surface area contributed by atoms with E-state index in [9.17, 15) is 8.42 Å². The largest absolute Gasteiger partial charge is 0.213 e. The summed E-state index contributed by atoms with van der Waals surface area (Å²) in [5.74, 6) is 0.193. The van der Waals surface area contributed by atoms with Crippen LogP contribution in [-0.2, 0) is 10.0 Å². The molecule has 0 N–H and O–H groups in total. The Morgan fingerprint density at radius 2 is 0.867 bits per heavy atom. The number of hydrogen-bond donors (Lipinski definition) is 0. The molecule has 0 aromatic heterocycles. The molecular weight excluding hydrogens is 394 g/mol. The smallest absolute Gasteiger partial charge is 0.212 e.